The van der Waals surface area contributed by atoms with Gasteiger partial charge in [-0.05, 0) is 49.1 Å². The smallest absolute Gasteiger partial charge is 0.266 e. The summed E-state index contributed by atoms with van der Waals surface area (Å²) in [5, 5.41) is 0. The molecule has 0 N–H and O–H groups in total. The van der Waals surface area contributed by atoms with Crippen LogP contribution in [0.25, 0.3) is 10.2 Å². The predicted molar refractivity (Wildman–Crippen MR) is 126 cm³/mol. The van der Waals surface area contributed by atoms with Crippen LogP contribution in [0.4, 0.5) is 0 Å². The molecule has 1 unspecified atom stereocenters. The minimum absolute atomic E-state index is 0.146. The molecule has 0 bridgehead atoms. The van der Waals surface area contributed by atoms with E-state index in [0.29, 0.717) is 35.1 Å². The van der Waals surface area contributed by atoms with Crippen LogP contribution in [0.2, 0.25) is 4.34 Å². The van der Waals surface area contributed by atoms with Gasteiger partial charge in [0.25, 0.3) is 15.9 Å². The van der Waals surface area contributed by atoms with Gasteiger partial charge in [0, 0.05) is 13.1 Å². The third kappa shape index (κ3) is 4.29. The number of aromatic nitrogens is 1. The Balaban J connectivity index is 1.73. The van der Waals surface area contributed by atoms with Crippen molar-refractivity contribution in [2.24, 2.45) is 4.99 Å². The van der Waals surface area contributed by atoms with E-state index in [2.05, 4.69) is 30.6 Å². The molecule has 1 atom stereocenters. The van der Waals surface area contributed by atoms with E-state index in [1.165, 1.54) is 27.3 Å². The number of aryl methyl sites for hydroxylation is 1. The predicted octanol–water partition coefficient (Wildman–Crippen LogP) is 4.45. The van der Waals surface area contributed by atoms with Gasteiger partial charge in [0.05, 0.1) is 14.6 Å². The van der Waals surface area contributed by atoms with Gasteiger partial charge in [0.1, 0.15) is 10.3 Å². The van der Waals surface area contributed by atoms with Gasteiger partial charge in [-0.15, -0.1) is 17.9 Å². The molecule has 6 nitrogen and oxygen atoms in total. The topological polar surface area (TPSA) is 71.7 Å². The number of allylic oxidation sites excluding steroid dienone is 1. The Labute approximate surface area is 194 Å². The van der Waals surface area contributed by atoms with Gasteiger partial charge in [-0.1, -0.05) is 42.0 Å². The highest BCUT2D eigenvalue weighted by molar-refractivity contribution is 7.91. The first-order valence-corrected chi connectivity index (χ1v) is 13.4. The Hall–Kier alpha value is -1.78. The molecule has 164 valence electrons. The fourth-order valence-corrected chi connectivity index (χ4v) is 8.10. The molecule has 1 aliphatic heterocycles. The van der Waals surface area contributed by atoms with E-state index in [9.17, 15) is 13.2 Å². The lowest BCUT2D eigenvalue weighted by atomic mass is 10.2. The maximum absolute atomic E-state index is 13.1. The van der Waals surface area contributed by atoms with Crippen LogP contribution in [-0.2, 0) is 27.8 Å². The second-order valence-electron chi connectivity index (χ2n) is 7.22. The van der Waals surface area contributed by atoms with Gasteiger partial charge in [0.2, 0.25) is 0 Å². The van der Waals surface area contributed by atoms with Crippen molar-refractivity contribution in [2.75, 3.05) is 6.54 Å². The highest BCUT2D eigenvalue weighted by atomic mass is 35.5. The third-order valence-corrected chi connectivity index (χ3v) is 9.92. The molecule has 0 spiro atoms. The van der Waals surface area contributed by atoms with Crippen molar-refractivity contribution in [3.8, 4) is 0 Å². The SMILES string of the molecule is C=CCn1c(=NC(=O)C2CCCN2S(=O)(=O)c2ccc(Cl)s2)sc2cc(CC)ccc21. The molecule has 1 amide bonds. The normalized spacial score (nSPS) is 18.1. The van der Waals surface area contributed by atoms with Gasteiger partial charge in [-0.25, -0.2) is 8.42 Å². The summed E-state index contributed by atoms with van der Waals surface area (Å²) in [6.45, 7) is 6.71. The van der Waals surface area contributed by atoms with E-state index < -0.39 is 22.0 Å². The number of nitrogens with zero attached hydrogens (tertiary/aromatic N) is 3. The number of thiophene rings is 1. The summed E-state index contributed by atoms with van der Waals surface area (Å²) in [5.74, 6) is -0.441. The first-order valence-electron chi connectivity index (χ1n) is 9.94. The number of fused-ring (bicyclic) bond motifs is 1. The number of amides is 1. The van der Waals surface area contributed by atoms with Crippen molar-refractivity contribution in [1.82, 2.24) is 8.87 Å². The molecule has 1 aromatic carbocycles. The Kier molecular flexibility index (Phi) is 6.50. The van der Waals surface area contributed by atoms with Gasteiger partial charge >= 0.3 is 0 Å². The van der Waals surface area contributed by atoms with Crippen molar-refractivity contribution in [1.29, 1.82) is 0 Å². The van der Waals surface area contributed by atoms with Crippen LogP contribution >= 0.6 is 34.3 Å². The molecule has 2 aromatic heterocycles. The molecule has 3 heterocycles. The number of hydrogen-bond donors (Lipinski definition) is 0. The fraction of sp³-hybridized carbons (Fsp3) is 0.333. The first kappa shape index (κ1) is 22.4. The quantitative estimate of drug-likeness (QED) is 0.474. The minimum atomic E-state index is -3.79. The molecule has 0 aliphatic carbocycles. The van der Waals surface area contributed by atoms with E-state index in [1.807, 2.05) is 10.6 Å². The van der Waals surface area contributed by atoms with Crippen LogP contribution < -0.4 is 4.80 Å². The van der Waals surface area contributed by atoms with E-state index in [4.69, 9.17) is 11.6 Å². The summed E-state index contributed by atoms with van der Waals surface area (Å²) in [7, 11) is -3.79. The number of sulfonamides is 1. The lowest BCUT2D eigenvalue weighted by Crippen LogP contribution is -2.40. The Morgan fingerprint density at radius 3 is 2.81 bits per heavy atom. The average molecular weight is 496 g/mol. The molecule has 1 aliphatic rings. The van der Waals surface area contributed by atoms with Crippen LogP contribution in [0.3, 0.4) is 0 Å². The number of thiazole rings is 1. The monoisotopic (exact) mass is 495 g/mol. The molecule has 31 heavy (non-hydrogen) atoms. The Morgan fingerprint density at radius 1 is 1.32 bits per heavy atom. The largest absolute Gasteiger partial charge is 0.313 e. The van der Waals surface area contributed by atoms with Gasteiger partial charge in [-0.3, -0.25) is 4.79 Å². The van der Waals surface area contributed by atoms with Crippen molar-refractivity contribution in [3.05, 3.63) is 57.7 Å². The molecular weight excluding hydrogens is 474 g/mol. The third-order valence-electron chi connectivity index (χ3n) is 5.27. The summed E-state index contributed by atoms with van der Waals surface area (Å²) in [6, 6.07) is 8.43. The molecule has 3 aromatic rings. The lowest BCUT2D eigenvalue weighted by molar-refractivity contribution is -0.121. The van der Waals surface area contributed by atoms with E-state index in [-0.39, 0.29) is 4.21 Å². The molecule has 10 heteroatoms. The van der Waals surface area contributed by atoms with Crippen LogP contribution in [0.5, 0.6) is 0 Å². The van der Waals surface area contributed by atoms with Gasteiger partial charge in [0.15, 0.2) is 4.80 Å². The number of halogens is 1. The highest BCUT2D eigenvalue weighted by Gasteiger charge is 2.40. The van der Waals surface area contributed by atoms with Crippen LogP contribution in [0.15, 0.2) is 52.2 Å². The van der Waals surface area contributed by atoms with Crippen LogP contribution in [0.1, 0.15) is 25.3 Å². The molecule has 1 saturated heterocycles. The number of rotatable bonds is 6. The maximum Gasteiger partial charge on any atom is 0.266 e. The zero-order valence-electron chi connectivity index (χ0n) is 17.0. The molecular formula is C21H22ClN3O3S3. The summed E-state index contributed by atoms with van der Waals surface area (Å²) in [5.41, 5.74) is 2.19. The van der Waals surface area contributed by atoms with Crippen molar-refractivity contribution in [2.45, 2.75) is 43.0 Å². The number of carbonyl (C=O) groups is 1. The number of carbonyl (C=O) groups excluding carboxylic acids is 1. The second kappa shape index (κ2) is 8.99. The molecule has 0 saturated carbocycles. The van der Waals surface area contributed by atoms with Crippen LogP contribution in [-0.4, -0.2) is 35.8 Å². The average Bonchev–Trinajstić information content (AvgIpc) is 3.47. The van der Waals surface area contributed by atoms with Crippen molar-refractivity contribution < 1.29 is 13.2 Å². The fourth-order valence-electron chi connectivity index (χ4n) is 3.72. The summed E-state index contributed by atoms with van der Waals surface area (Å²) in [4.78, 5) is 18.1. The number of hydrogen-bond acceptors (Lipinski definition) is 5. The second-order valence-corrected chi connectivity index (χ2v) is 12.1. The van der Waals surface area contributed by atoms with Crippen molar-refractivity contribution >= 4 is 60.4 Å². The van der Waals surface area contributed by atoms with Crippen molar-refractivity contribution in [3.63, 3.8) is 0 Å². The summed E-state index contributed by atoms with van der Waals surface area (Å²) < 4.78 is 30.9. The zero-order chi connectivity index (χ0) is 22.2. The van der Waals surface area contributed by atoms with E-state index in [1.54, 1.807) is 12.1 Å². The lowest BCUT2D eigenvalue weighted by Gasteiger charge is -2.20. The van der Waals surface area contributed by atoms with E-state index in [0.717, 1.165) is 28.0 Å². The summed E-state index contributed by atoms with van der Waals surface area (Å²) in [6.07, 6.45) is 3.74. The standard InChI is InChI=1S/C21H22ClN3O3S3/c1-3-11-24-15-8-7-14(4-2)13-17(15)29-21(24)23-20(26)16-6-5-12-25(16)31(27,28)19-10-9-18(22)30-19/h3,7-10,13,16H,1,4-6,11-12H2,2H3. The summed E-state index contributed by atoms with van der Waals surface area (Å²) >= 11 is 8.36. The first-order chi connectivity index (χ1) is 14.8. The van der Waals surface area contributed by atoms with E-state index >= 15 is 0 Å². The minimum Gasteiger partial charge on any atom is -0.313 e. The number of benzene rings is 1. The highest BCUT2D eigenvalue weighted by Crippen LogP contribution is 2.32. The zero-order valence-corrected chi connectivity index (χ0v) is 20.2. The molecule has 4 rings (SSSR count). The Bertz CT molecular complexity index is 1320. The molecule has 1 fully saturated rings. The Morgan fingerprint density at radius 2 is 2.13 bits per heavy atom. The van der Waals surface area contributed by atoms with Gasteiger partial charge in [-0.2, -0.15) is 9.30 Å². The molecule has 0 radical (unpaired) electrons. The van der Waals surface area contributed by atoms with Gasteiger partial charge < -0.3 is 4.57 Å². The van der Waals surface area contributed by atoms with Crippen LogP contribution in [0, 0.1) is 0 Å². The maximum atomic E-state index is 13.1.